The van der Waals surface area contributed by atoms with Gasteiger partial charge in [0.15, 0.2) is 0 Å². The van der Waals surface area contributed by atoms with Crippen molar-refractivity contribution in [1.29, 1.82) is 0 Å². The van der Waals surface area contributed by atoms with Gasteiger partial charge in [0.2, 0.25) is 5.91 Å². The number of rotatable bonds is 6. The van der Waals surface area contributed by atoms with Crippen molar-refractivity contribution in [2.45, 2.75) is 57.5 Å². The van der Waals surface area contributed by atoms with Crippen molar-refractivity contribution < 1.29 is 9.59 Å². The maximum atomic E-state index is 13.6. The molecule has 1 saturated heterocycles. The highest BCUT2D eigenvalue weighted by molar-refractivity contribution is 5.97. The molecule has 6 rings (SSSR count). The predicted molar refractivity (Wildman–Crippen MR) is 169 cm³/mol. The third-order valence-electron chi connectivity index (χ3n) is 9.38. The summed E-state index contributed by atoms with van der Waals surface area (Å²) in [5.74, 6) is -0.209. The van der Waals surface area contributed by atoms with Gasteiger partial charge in [-0.1, -0.05) is 56.2 Å². The predicted octanol–water partition coefficient (Wildman–Crippen LogP) is 4.33. The van der Waals surface area contributed by atoms with Crippen molar-refractivity contribution in [2.24, 2.45) is 5.73 Å². The van der Waals surface area contributed by atoms with Crippen molar-refractivity contribution in [3.63, 3.8) is 0 Å². The van der Waals surface area contributed by atoms with E-state index in [0.29, 0.717) is 45.0 Å². The normalized spacial score (nSPS) is 18.5. The third-order valence-corrected chi connectivity index (χ3v) is 9.38. The molecule has 1 aromatic heterocycles. The molecule has 0 bridgehead atoms. The first kappa shape index (κ1) is 28.2. The molecule has 0 radical (unpaired) electrons. The maximum Gasteiger partial charge on any atom is 0.270 e. The number of benzene rings is 2. The standard InChI is InChI=1S/C34H42N6O2/c1-3-31(41)39-19-17-38(18-20-39)30-21-27(33(42)36-23-34(35)14-5-4-6-15-34)37-28-22-40(16-13-26(28)30)29-12-8-11-25-10-7-9-24(2)32(25)29/h3,7-12,21H,1,4-6,13-20,22-23,35H2,2H3,(H,36,42). The molecule has 1 aliphatic carbocycles. The van der Waals surface area contributed by atoms with Crippen LogP contribution in [-0.4, -0.2) is 66.5 Å². The van der Waals surface area contributed by atoms with Crippen LogP contribution < -0.4 is 20.9 Å². The molecule has 8 nitrogen and oxygen atoms in total. The largest absolute Gasteiger partial charge is 0.368 e. The number of nitrogens with one attached hydrogen (secondary N) is 1. The summed E-state index contributed by atoms with van der Waals surface area (Å²) in [5.41, 5.74) is 12.4. The van der Waals surface area contributed by atoms with Crippen LogP contribution in [0.4, 0.5) is 11.4 Å². The Balaban J connectivity index is 1.31. The van der Waals surface area contributed by atoms with E-state index in [4.69, 9.17) is 10.7 Å². The number of piperazine rings is 1. The van der Waals surface area contributed by atoms with Crippen LogP contribution in [0.2, 0.25) is 0 Å². The molecule has 1 saturated carbocycles. The monoisotopic (exact) mass is 566 g/mol. The molecule has 3 aliphatic rings. The lowest BCUT2D eigenvalue weighted by molar-refractivity contribution is -0.126. The summed E-state index contributed by atoms with van der Waals surface area (Å²) in [6.07, 6.45) is 7.51. The van der Waals surface area contributed by atoms with E-state index in [1.54, 1.807) is 0 Å². The minimum absolute atomic E-state index is 0.0362. The van der Waals surface area contributed by atoms with Gasteiger partial charge in [0, 0.05) is 67.1 Å². The number of nitrogens with two attached hydrogens (primary N) is 1. The first-order valence-corrected chi connectivity index (χ1v) is 15.3. The van der Waals surface area contributed by atoms with Crippen molar-refractivity contribution in [3.8, 4) is 0 Å². The van der Waals surface area contributed by atoms with Crippen molar-refractivity contribution >= 4 is 34.0 Å². The third kappa shape index (κ3) is 5.60. The molecule has 2 amide bonds. The Morgan fingerprint density at radius 3 is 2.48 bits per heavy atom. The number of anilines is 2. The van der Waals surface area contributed by atoms with Gasteiger partial charge in [-0.15, -0.1) is 0 Å². The number of hydrogen-bond donors (Lipinski definition) is 2. The number of hydrogen-bond acceptors (Lipinski definition) is 6. The van der Waals surface area contributed by atoms with E-state index in [1.807, 2.05) is 11.0 Å². The number of pyridine rings is 1. The molecule has 42 heavy (non-hydrogen) atoms. The van der Waals surface area contributed by atoms with Crippen LogP contribution in [-0.2, 0) is 17.8 Å². The highest BCUT2D eigenvalue weighted by Gasteiger charge is 2.31. The SMILES string of the molecule is C=CC(=O)N1CCN(c2cc(C(=O)NCC3(N)CCCCC3)nc3c2CCN(c2cccc4cccc(C)c24)C3)CC1. The summed E-state index contributed by atoms with van der Waals surface area (Å²) in [5, 5.41) is 5.62. The second-order valence-electron chi connectivity index (χ2n) is 12.2. The zero-order chi connectivity index (χ0) is 29.3. The Labute approximate surface area is 248 Å². The Hall–Kier alpha value is -3.91. The van der Waals surface area contributed by atoms with Crippen LogP contribution in [0.25, 0.3) is 10.8 Å². The smallest absolute Gasteiger partial charge is 0.270 e. The van der Waals surface area contributed by atoms with Gasteiger partial charge >= 0.3 is 0 Å². The summed E-state index contributed by atoms with van der Waals surface area (Å²) in [7, 11) is 0. The zero-order valence-corrected chi connectivity index (χ0v) is 24.7. The van der Waals surface area contributed by atoms with Gasteiger partial charge in [-0.2, -0.15) is 0 Å². The molecule has 3 heterocycles. The number of amides is 2. The Morgan fingerprint density at radius 2 is 1.74 bits per heavy atom. The lowest BCUT2D eigenvalue weighted by Crippen LogP contribution is -2.51. The lowest BCUT2D eigenvalue weighted by atomic mass is 9.82. The minimum atomic E-state index is -0.345. The summed E-state index contributed by atoms with van der Waals surface area (Å²) >= 11 is 0. The quantitative estimate of drug-likeness (QED) is 0.432. The van der Waals surface area contributed by atoms with E-state index in [0.717, 1.165) is 50.0 Å². The van der Waals surface area contributed by atoms with E-state index in [2.05, 4.69) is 65.0 Å². The molecule has 2 aliphatic heterocycles. The fourth-order valence-corrected chi connectivity index (χ4v) is 6.97. The van der Waals surface area contributed by atoms with E-state index in [-0.39, 0.29) is 17.4 Å². The topological polar surface area (TPSA) is 94.8 Å². The summed E-state index contributed by atoms with van der Waals surface area (Å²) < 4.78 is 0. The van der Waals surface area contributed by atoms with Crippen LogP contribution in [0.1, 0.15) is 59.4 Å². The van der Waals surface area contributed by atoms with Gasteiger partial charge in [-0.25, -0.2) is 4.98 Å². The van der Waals surface area contributed by atoms with E-state index < -0.39 is 0 Å². The van der Waals surface area contributed by atoms with Crippen molar-refractivity contribution in [1.82, 2.24) is 15.2 Å². The highest BCUT2D eigenvalue weighted by atomic mass is 16.2. The Bertz CT molecular complexity index is 1500. The van der Waals surface area contributed by atoms with Crippen molar-refractivity contribution in [3.05, 3.63) is 77.6 Å². The van der Waals surface area contributed by atoms with Gasteiger partial charge in [0.05, 0.1) is 12.2 Å². The van der Waals surface area contributed by atoms with Gasteiger partial charge in [-0.3, -0.25) is 9.59 Å². The second kappa shape index (κ2) is 11.8. The number of carbonyl (C=O) groups is 2. The fourth-order valence-electron chi connectivity index (χ4n) is 6.97. The van der Waals surface area contributed by atoms with E-state index in [1.165, 1.54) is 40.1 Å². The summed E-state index contributed by atoms with van der Waals surface area (Å²) in [6, 6.07) is 14.9. The maximum absolute atomic E-state index is 13.6. The van der Waals surface area contributed by atoms with Gasteiger partial charge in [0.1, 0.15) is 5.69 Å². The number of aryl methyl sites for hydroxylation is 1. The molecule has 0 unspecified atom stereocenters. The molecule has 8 heteroatoms. The molecular formula is C34H42N6O2. The average molecular weight is 567 g/mol. The number of nitrogens with zero attached hydrogens (tertiary/aromatic N) is 4. The minimum Gasteiger partial charge on any atom is -0.368 e. The second-order valence-corrected chi connectivity index (χ2v) is 12.2. The summed E-state index contributed by atoms with van der Waals surface area (Å²) in [6.45, 7) is 10.4. The lowest BCUT2D eigenvalue weighted by Gasteiger charge is -2.39. The molecule has 3 N–H and O–H groups in total. The Morgan fingerprint density at radius 1 is 1.00 bits per heavy atom. The molecule has 2 aromatic carbocycles. The number of carbonyl (C=O) groups excluding carboxylic acids is 2. The molecular weight excluding hydrogens is 524 g/mol. The molecule has 0 spiro atoms. The highest BCUT2D eigenvalue weighted by Crippen LogP contribution is 2.36. The number of fused-ring (bicyclic) bond motifs is 2. The van der Waals surface area contributed by atoms with Crippen LogP contribution in [0.3, 0.4) is 0 Å². The molecule has 0 atom stereocenters. The van der Waals surface area contributed by atoms with Crippen LogP contribution >= 0.6 is 0 Å². The van der Waals surface area contributed by atoms with Gasteiger partial charge in [-0.05, 0) is 55.3 Å². The first-order valence-electron chi connectivity index (χ1n) is 15.3. The average Bonchev–Trinajstić information content (AvgIpc) is 3.03. The molecule has 220 valence electrons. The Kier molecular flexibility index (Phi) is 7.90. The van der Waals surface area contributed by atoms with Gasteiger partial charge in [0.25, 0.3) is 5.91 Å². The zero-order valence-electron chi connectivity index (χ0n) is 24.7. The van der Waals surface area contributed by atoms with Crippen molar-refractivity contribution in [2.75, 3.05) is 49.1 Å². The first-order chi connectivity index (χ1) is 20.3. The van der Waals surface area contributed by atoms with Gasteiger partial charge < -0.3 is 25.8 Å². The van der Waals surface area contributed by atoms with Crippen LogP contribution in [0.15, 0.2) is 55.1 Å². The van der Waals surface area contributed by atoms with E-state index in [9.17, 15) is 9.59 Å². The molecule has 2 fully saturated rings. The summed E-state index contributed by atoms with van der Waals surface area (Å²) in [4.78, 5) is 37.3. The van der Waals surface area contributed by atoms with Crippen LogP contribution in [0, 0.1) is 6.92 Å². The van der Waals surface area contributed by atoms with Crippen LogP contribution in [0.5, 0.6) is 0 Å². The van der Waals surface area contributed by atoms with E-state index >= 15 is 0 Å². The molecule has 3 aromatic rings. The fraction of sp³-hybridized carbons (Fsp3) is 0.441. The number of aromatic nitrogens is 1.